The van der Waals surface area contributed by atoms with Gasteiger partial charge in [0.1, 0.15) is 0 Å². The molecule has 2 fully saturated rings. The van der Waals surface area contributed by atoms with Gasteiger partial charge in [0.2, 0.25) is 0 Å². The van der Waals surface area contributed by atoms with E-state index in [1.54, 1.807) is 0 Å². The lowest BCUT2D eigenvalue weighted by Crippen LogP contribution is -2.43. The molecule has 0 spiro atoms. The van der Waals surface area contributed by atoms with Crippen LogP contribution in [0.3, 0.4) is 0 Å². The zero-order valence-corrected chi connectivity index (χ0v) is 14.9. The minimum absolute atomic E-state index is 0.0315. The number of carbonyl (C=O) groups is 1. The Morgan fingerprint density at radius 1 is 1.00 bits per heavy atom. The topological polar surface area (TPSA) is 44.4 Å². The summed E-state index contributed by atoms with van der Waals surface area (Å²) >= 11 is 0. The molecule has 24 heavy (non-hydrogen) atoms. The van der Waals surface area contributed by atoms with E-state index in [-0.39, 0.29) is 12.1 Å². The van der Waals surface area contributed by atoms with Crippen molar-refractivity contribution in [3.63, 3.8) is 0 Å². The molecule has 1 atom stereocenters. The summed E-state index contributed by atoms with van der Waals surface area (Å²) in [6.07, 6.45) is 9.95. The van der Waals surface area contributed by atoms with Crippen molar-refractivity contribution in [1.82, 2.24) is 10.6 Å². The molecule has 0 bridgehead atoms. The normalized spacial score (nSPS) is 20.5. The van der Waals surface area contributed by atoms with Gasteiger partial charge in [-0.15, -0.1) is 0 Å². The van der Waals surface area contributed by atoms with E-state index >= 15 is 0 Å². The summed E-state index contributed by atoms with van der Waals surface area (Å²) in [6.45, 7) is 4.38. The highest BCUT2D eigenvalue weighted by atomic mass is 16.2. The van der Waals surface area contributed by atoms with Crippen molar-refractivity contribution in [2.75, 3.05) is 18.0 Å². The van der Waals surface area contributed by atoms with Crippen molar-refractivity contribution < 1.29 is 4.79 Å². The highest BCUT2D eigenvalue weighted by Gasteiger charge is 2.17. The Morgan fingerprint density at radius 2 is 1.62 bits per heavy atom. The fraction of sp³-hybridized carbons (Fsp3) is 0.650. The molecule has 3 rings (SSSR count). The maximum Gasteiger partial charge on any atom is 0.315 e. The lowest BCUT2D eigenvalue weighted by Gasteiger charge is -2.29. The number of anilines is 1. The van der Waals surface area contributed by atoms with E-state index in [9.17, 15) is 4.79 Å². The van der Waals surface area contributed by atoms with Crippen LogP contribution < -0.4 is 15.5 Å². The van der Waals surface area contributed by atoms with E-state index in [1.807, 2.05) is 0 Å². The molecule has 2 aliphatic rings. The standard InChI is InChI=1S/C20H31N3O/c1-16(21-20(24)22-18-8-4-2-5-9-18)17-10-12-19(13-11-17)23-14-6-3-7-15-23/h10-13,16,18H,2-9,14-15H2,1H3,(H2,21,22,24)/t16-/m1/s1. The molecule has 0 radical (unpaired) electrons. The SMILES string of the molecule is C[C@@H](NC(=O)NC1CCCCC1)c1ccc(N2CCCCC2)cc1. The Hall–Kier alpha value is -1.71. The molecule has 1 aromatic carbocycles. The number of amides is 2. The summed E-state index contributed by atoms with van der Waals surface area (Å²) in [6, 6.07) is 9.03. The van der Waals surface area contributed by atoms with Crippen molar-refractivity contribution in [3.8, 4) is 0 Å². The summed E-state index contributed by atoms with van der Waals surface area (Å²) < 4.78 is 0. The molecule has 1 heterocycles. The minimum Gasteiger partial charge on any atom is -0.372 e. The molecule has 4 nitrogen and oxygen atoms in total. The van der Waals surface area contributed by atoms with Gasteiger partial charge in [-0.3, -0.25) is 0 Å². The second-order valence-corrected chi connectivity index (χ2v) is 7.31. The summed E-state index contributed by atoms with van der Waals surface area (Å²) in [4.78, 5) is 14.6. The first-order chi connectivity index (χ1) is 11.7. The van der Waals surface area contributed by atoms with Crippen LogP contribution in [-0.2, 0) is 0 Å². The van der Waals surface area contributed by atoms with Crippen LogP contribution in [0.15, 0.2) is 24.3 Å². The fourth-order valence-electron chi connectivity index (χ4n) is 3.88. The Bertz CT molecular complexity index is 516. The average Bonchev–Trinajstić information content (AvgIpc) is 2.63. The van der Waals surface area contributed by atoms with Gasteiger partial charge in [-0.2, -0.15) is 0 Å². The van der Waals surface area contributed by atoms with Gasteiger partial charge in [0.05, 0.1) is 6.04 Å². The Morgan fingerprint density at radius 3 is 2.29 bits per heavy atom. The number of benzene rings is 1. The van der Waals surface area contributed by atoms with Crippen molar-refractivity contribution in [2.45, 2.75) is 70.4 Å². The van der Waals surface area contributed by atoms with Crippen LogP contribution in [0.5, 0.6) is 0 Å². The van der Waals surface area contributed by atoms with Crippen molar-refractivity contribution in [1.29, 1.82) is 0 Å². The molecule has 0 aromatic heterocycles. The van der Waals surface area contributed by atoms with Gasteiger partial charge < -0.3 is 15.5 Å². The largest absolute Gasteiger partial charge is 0.372 e. The van der Waals surface area contributed by atoms with Gasteiger partial charge in [0.25, 0.3) is 0 Å². The molecule has 132 valence electrons. The van der Waals surface area contributed by atoms with Gasteiger partial charge in [0, 0.05) is 24.8 Å². The van der Waals surface area contributed by atoms with Crippen LogP contribution in [0.2, 0.25) is 0 Å². The third-order valence-corrected chi connectivity index (χ3v) is 5.40. The van der Waals surface area contributed by atoms with Gasteiger partial charge in [-0.25, -0.2) is 4.79 Å². The number of hydrogen-bond acceptors (Lipinski definition) is 2. The first-order valence-electron chi connectivity index (χ1n) is 9.64. The molecular weight excluding hydrogens is 298 g/mol. The second-order valence-electron chi connectivity index (χ2n) is 7.31. The van der Waals surface area contributed by atoms with Crippen LogP contribution in [0.4, 0.5) is 10.5 Å². The van der Waals surface area contributed by atoms with E-state index in [0.29, 0.717) is 6.04 Å². The maximum atomic E-state index is 12.2. The van der Waals surface area contributed by atoms with Gasteiger partial charge in [-0.1, -0.05) is 31.4 Å². The first kappa shape index (κ1) is 17.1. The molecule has 1 aliphatic heterocycles. The molecular formula is C20H31N3O. The molecule has 2 N–H and O–H groups in total. The van der Waals surface area contributed by atoms with Crippen molar-refractivity contribution >= 4 is 11.7 Å². The van der Waals surface area contributed by atoms with Crippen LogP contribution >= 0.6 is 0 Å². The Balaban J connectivity index is 1.50. The average molecular weight is 329 g/mol. The van der Waals surface area contributed by atoms with E-state index in [1.165, 1.54) is 44.2 Å². The van der Waals surface area contributed by atoms with Crippen LogP contribution in [0.1, 0.15) is 69.9 Å². The Labute approximate surface area is 146 Å². The predicted octanol–water partition coefficient (Wildman–Crippen LogP) is 4.37. The zero-order chi connectivity index (χ0) is 16.8. The molecule has 1 aromatic rings. The maximum absolute atomic E-state index is 12.2. The molecule has 1 saturated carbocycles. The second kappa shape index (κ2) is 8.41. The summed E-state index contributed by atoms with van der Waals surface area (Å²) in [7, 11) is 0. The molecule has 1 aliphatic carbocycles. The predicted molar refractivity (Wildman–Crippen MR) is 99.5 cm³/mol. The Kier molecular flexibility index (Phi) is 6.00. The number of rotatable bonds is 4. The van der Waals surface area contributed by atoms with Crippen LogP contribution in [-0.4, -0.2) is 25.2 Å². The lowest BCUT2D eigenvalue weighted by atomic mass is 9.96. The van der Waals surface area contributed by atoms with E-state index in [4.69, 9.17) is 0 Å². The molecule has 4 heteroatoms. The lowest BCUT2D eigenvalue weighted by molar-refractivity contribution is 0.229. The van der Waals surface area contributed by atoms with Crippen molar-refractivity contribution in [3.05, 3.63) is 29.8 Å². The zero-order valence-electron chi connectivity index (χ0n) is 14.9. The quantitative estimate of drug-likeness (QED) is 0.861. The van der Waals surface area contributed by atoms with Gasteiger partial charge in [-0.05, 0) is 56.7 Å². The highest BCUT2D eigenvalue weighted by molar-refractivity contribution is 5.74. The highest BCUT2D eigenvalue weighted by Crippen LogP contribution is 2.22. The van der Waals surface area contributed by atoms with Gasteiger partial charge >= 0.3 is 6.03 Å². The number of urea groups is 1. The molecule has 0 unspecified atom stereocenters. The van der Waals surface area contributed by atoms with E-state index in [2.05, 4.69) is 46.7 Å². The smallest absolute Gasteiger partial charge is 0.315 e. The van der Waals surface area contributed by atoms with E-state index in [0.717, 1.165) is 31.5 Å². The van der Waals surface area contributed by atoms with Gasteiger partial charge in [0.15, 0.2) is 0 Å². The van der Waals surface area contributed by atoms with Crippen molar-refractivity contribution in [2.24, 2.45) is 0 Å². The number of piperidine rings is 1. The minimum atomic E-state index is -0.0329. The fourth-order valence-corrected chi connectivity index (χ4v) is 3.88. The number of nitrogens with one attached hydrogen (secondary N) is 2. The monoisotopic (exact) mass is 329 g/mol. The third kappa shape index (κ3) is 4.65. The number of nitrogens with zero attached hydrogens (tertiary/aromatic N) is 1. The van der Waals surface area contributed by atoms with E-state index < -0.39 is 0 Å². The van der Waals surface area contributed by atoms with Crippen LogP contribution in [0.25, 0.3) is 0 Å². The summed E-state index contributed by atoms with van der Waals surface area (Å²) in [5, 5.41) is 6.20. The summed E-state index contributed by atoms with van der Waals surface area (Å²) in [5.41, 5.74) is 2.46. The van der Waals surface area contributed by atoms with Crippen LogP contribution in [0, 0.1) is 0 Å². The first-order valence-corrected chi connectivity index (χ1v) is 9.64. The number of carbonyl (C=O) groups excluding carboxylic acids is 1. The molecule has 1 saturated heterocycles. The number of hydrogen-bond donors (Lipinski definition) is 2. The molecule has 2 amide bonds. The summed E-state index contributed by atoms with van der Waals surface area (Å²) in [5.74, 6) is 0. The third-order valence-electron chi connectivity index (χ3n) is 5.40.